The molecule has 0 bridgehead atoms. The first-order chi connectivity index (χ1) is 13.2. The highest BCUT2D eigenvalue weighted by Crippen LogP contribution is 2.26. The van der Waals surface area contributed by atoms with Crippen molar-refractivity contribution >= 4 is 11.9 Å². The van der Waals surface area contributed by atoms with E-state index in [0.29, 0.717) is 18.2 Å². The molecule has 3 rings (SSSR count). The van der Waals surface area contributed by atoms with E-state index in [9.17, 15) is 9.59 Å². The summed E-state index contributed by atoms with van der Waals surface area (Å²) in [5.41, 5.74) is 2.27. The standard InChI is InChI=1S/C21H25N3O3/c1-22-20(25)15-27-19-9-7-16(8-10-19)13-23-21(26)24-12-11-18(14-24)17-5-3-2-4-6-17/h2-10,18H,11-15H2,1H3,(H,22,25)(H,23,26)/t18-/m0/s1. The van der Waals surface area contributed by atoms with Crippen LogP contribution in [0.4, 0.5) is 4.79 Å². The number of rotatable bonds is 6. The number of hydrogen-bond acceptors (Lipinski definition) is 3. The maximum atomic E-state index is 12.4. The molecule has 1 aliphatic rings. The van der Waals surface area contributed by atoms with Gasteiger partial charge in [-0.05, 0) is 29.7 Å². The summed E-state index contributed by atoms with van der Waals surface area (Å²) in [6, 6.07) is 17.7. The van der Waals surface area contributed by atoms with E-state index in [4.69, 9.17) is 4.74 Å². The zero-order valence-electron chi connectivity index (χ0n) is 15.5. The Hall–Kier alpha value is -3.02. The van der Waals surface area contributed by atoms with Crippen molar-refractivity contribution in [2.24, 2.45) is 0 Å². The average Bonchev–Trinajstić information content (AvgIpc) is 3.22. The molecule has 6 heteroatoms. The minimum atomic E-state index is -0.175. The molecule has 0 saturated carbocycles. The molecule has 1 fully saturated rings. The van der Waals surface area contributed by atoms with Gasteiger partial charge in [0, 0.05) is 32.6 Å². The fourth-order valence-electron chi connectivity index (χ4n) is 3.16. The molecule has 6 nitrogen and oxygen atoms in total. The predicted octanol–water partition coefficient (Wildman–Crippen LogP) is 2.51. The van der Waals surface area contributed by atoms with Crippen molar-refractivity contribution < 1.29 is 14.3 Å². The second-order valence-corrected chi connectivity index (χ2v) is 6.61. The first-order valence-corrected chi connectivity index (χ1v) is 9.15. The van der Waals surface area contributed by atoms with Crippen LogP contribution in [0.1, 0.15) is 23.5 Å². The van der Waals surface area contributed by atoms with Crippen LogP contribution in [0, 0.1) is 0 Å². The summed E-state index contributed by atoms with van der Waals surface area (Å²) in [7, 11) is 1.57. The zero-order chi connectivity index (χ0) is 19.1. The largest absolute Gasteiger partial charge is 0.484 e. The second-order valence-electron chi connectivity index (χ2n) is 6.61. The normalized spacial score (nSPS) is 16.0. The average molecular weight is 367 g/mol. The van der Waals surface area contributed by atoms with Crippen LogP contribution in [0.25, 0.3) is 0 Å². The van der Waals surface area contributed by atoms with Crippen LogP contribution in [0.2, 0.25) is 0 Å². The lowest BCUT2D eigenvalue weighted by Gasteiger charge is -2.17. The number of ether oxygens (including phenoxy) is 1. The first-order valence-electron chi connectivity index (χ1n) is 9.15. The number of carbonyl (C=O) groups is 2. The molecule has 1 heterocycles. The monoisotopic (exact) mass is 367 g/mol. The second kappa shape index (κ2) is 9.07. The van der Waals surface area contributed by atoms with Gasteiger partial charge in [-0.2, -0.15) is 0 Å². The molecule has 2 N–H and O–H groups in total. The lowest BCUT2D eigenvalue weighted by molar-refractivity contribution is -0.122. The Morgan fingerprint density at radius 1 is 1.11 bits per heavy atom. The van der Waals surface area contributed by atoms with Gasteiger partial charge in [0.1, 0.15) is 5.75 Å². The van der Waals surface area contributed by atoms with Crippen molar-refractivity contribution in [3.63, 3.8) is 0 Å². The quantitative estimate of drug-likeness (QED) is 0.824. The van der Waals surface area contributed by atoms with Crippen molar-refractivity contribution in [3.8, 4) is 5.75 Å². The molecule has 0 radical (unpaired) electrons. The number of amides is 3. The maximum absolute atomic E-state index is 12.4. The number of hydrogen-bond donors (Lipinski definition) is 2. The molecule has 2 aromatic carbocycles. The van der Waals surface area contributed by atoms with Crippen LogP contribution < -0.4 is 15.4 Å². The molecule has 27 heavy (non-hydrogen) atoms. The predicted molar refractivity (Wildman–Crippen MR) is 104 cm³/mol. The van der Waals surface area contributed by atoms with Gasteiger partial charge in [0.25, 0.3) is 5.91 Å². The lowest BCUT2D eigenvalue weighted by Crippen LogP contribution is -2.37. The number of urea groups is 1. The summed E-state index contributed by atoms with van der Waals surface area (Å²) in [6.07, 6.45) is 0.995. The third-order valence-corrected chi connectivity index (χ3v) is 4.76. The van der Waals surface area contributed by atoms with E-state index in [2.05, 4.69) is 22.8 Å². The van der Waals surface area contributed by atoms with E-state index in [1.165, 1.54) is 5.56 Å². The molecule has 0 aromatic heterocycles. The molecular formula is C21H25N3O3. The van der Waals surface area contributed by atoms with Crippen LogP contribution >= 0.6 is 0 Å². The third kappa shape index (κ3) is 5.23. The van der Waals surface area contributed by atoms with Gasteiger partial charge in [0.05, 0.1) is 0 Å². The van der Waals surface area contributed by atoms with E-state index < -0.39 is 0 Å². The number of carbonyl (C=O) groups excluding carboxylic acids is 2. The van der Waals surface area contributed by atoms with Gasteiger partial charge in [0.2, 0.25) is 0 Å². The summed E-state index contributed by atoms with van der Waals surface area (Å²) < 4.78 is 5.37. The fourth-order valence-corrected chi connectivity index (χ4v) is 3.16. The molecule has 2 aromatic rings. The lowest BCUT2D eigenvalue weighted by atomic mass is 9.99. The SMILES string of the molecule is CNC(=O)COc1ccc(CNC(=O)N2CC[C@H](c3ccccc3)C2)cc1. The Morgan fingerprint density at radius 3 is 2.56 bits per heavy atom. The Bertz CT molecular complexity index is 762. The Labute approximate surface area is 159 Å². The number of nitrogens with zero attached hydrogens (tertiary/aromatic N) is 1. The van der Waals surface area contributed by atoms with E-state index in [1.807, 2.05) is 35.2 Å². The van der Waals surface area contributed by atoms with Crippen LogP contribution in [-0.2, 0) is 11.3 Å². The number of benzene rings is 2. The van der Waals surface area contributed by atoms with E-state index in [1.54, 1.807) is 19.2 Å². The van der Waals surface area contributed by atoms with Crippen molar-refractivity contribution in [1.29, 1.82) is 0 Å². The number of nitrogens with one attached hydrogen (secondary N) is 2. The Kier molecular flexibility index (Phi) is 6.30. The van der Waals surface area contributed by atoms with E-state index in [0.717, 1.165) is 25.1 Å². The molecular weight excluding hydrogens is 342 g/mol. The number of likely N-dealkylation sites (tertiary alicyclic amines) is 1. The minimum Gasteiger partial charge on any atom is -0.484 e. The van der Waals surface area contributed by atoms with Crippen LogP contribution in [-0.4, -0.2) is 43.6 Å². The summed E-state index contributed by atoms with van der Waals surface area (Å²) >= 11 is 0. The summed E-state index contributed by atoms with van der Waals surface area (Å²) in [4.78, 5) is 25.5. The van der Waals surface area contributed by atoms with Crippen LogP contribution in [0.15, 0.2) is 54.6 Å². The number of likely N-dealkylation sites (N-methyl/N-ethyl adjacent to an activating group) is 1. The molecule has 0 unspecified atom stereocenters. The zero-order valence-corrected chi connectivity index (χ0v) is 15.5. The molecule has 0 aliphatic carbocycles. The van der Waals surface area contributed by atoms with Crippen LogP contribution in [0.3, 0.4) is 0 Å². The van der Waals surface area contributed by atoms with Gasteiger partial charge in [-0.15, -0.1) is 0 Å². The first kappa shape index (κ1) is 18.8. The van der Waals surface area contributed by atoms with Crippen LogP contribution in [0.5, 0.6) is 5.75 Å². The van der Waals surface area contributed by atoms with Gasteiger partial charge >= 0.3 is 6.03 Å². The highest BCUT2D eigenvalue weighted by atomic mass is 16.5. The van der Waals surface area contributed by atoms with E-state index in [-0.39, 0.29) is 18.5 Å². The fraction of sp³-hybridized carbons (Fsp3) is 0.333. The Morgan fingerprint density at radius 2 is 1.85 bits per heavy atom. The van der Waals surface area contributed by atoms with Crippen molar-refractivity contribution in [2.75, 3.05) is 26.7 Å². The molecule has 3 amide bonds. The molecule has 1 saturated heterocycles. The van der Waals surface area contributed by atoms with Gasteiger partial charge in [0.15, 0.2) is 6.61 Å². The molecule has 1 aliphatic heterocycles. The molecule has 142 valence electrons. The van der Waals surface area contributed by atoms with E-state index >= 15 is 0 Å². The smallest absolute Gasteiger partial charge is 0.317 e. The summed E-state index contributed by atoms with van der Waals surface area (Å²) in [5, 5.41) is 5.48. The minimum absolute atomic E-state index is 0.00980. The maximum Gasteiger partial charge on any atom is 0.317 e. The van der Waals surface area contributed by atoms with Gasteiger partial charge < -0.3 is 20.3 Å². The van der Waals surface area contributed by atoms with Crippen molar-refractivity contribution in [3.05, 3.63) is 65.7 Å². The third-order valence-electron chi connectivity index (χ3n) is 4.76. The van der Waals surface area contributed by atoms with Crippen molar-refractivity contribution in [2.45, 2.75) is 18.9 Å². The van der Waals surface area contributed by atoms with Gasteiger partial charge in [-0.1, -0.05) is 42.5 Å². The summed E-state index contributed by atoms with van der Waals surface area (Å²) in [6.45, 7) is 1.98. The summed E-state index contributed by atoms with van der Waals surface area (Å²) in [5.74, 6) is 0.860. The molecule has 0 spiro atoms. The van der Waals surface area contributed by atoms with Gasteiger partial charge in [-0.25, -0.2) is 4.79 Å². The van der Waals surface area contributed by atoms with Crippen molar-refractivity contribution in [1.82, 2.24) is 15.5 Å². The topological polar surface area (TPSA) is 70.7 Å². The Balaban J connectivity index is 1.44. The van der Waals surface area contributed by atoms with Gasteiger partial charge in [-0.3, -0.25) is 4.79 Å². The molecule has 1 atom stereocenters. The highest BCUT2D eigenvalue weighted by molar-refractivity contribution is 5.77. The highest BCUT2D eigenvalue weighted by Gasteiger charge is 2.26.